The normalized spacial score (nSPS) is 18.5. The maximum Gasteiger partial charge on any atom is 0.306 e. The molecule has 1 saturated heterocycles. The first kappa shape index (κ1) is 15.0. The molecule has 1 atom stereocenters. The minimum absolute atomic E-state index is 0.0590. The van der Waals surface area contributed by atoms with Crippen LogP contribution < -0.4 is 0 Å². The third kappa shape index (κ3) is 5.04. The van der Waals surface area contributed by atoms with Crippen molar-refractivity contribution < 1.29 is 14.3 Å². The molecule has 5 nitrogen and oxygen atoms in total. The number of likely N-dealkylation sites (N-methyl/N-ethyl adjacent to an activating group) is 1. The summed E-state index contributed by atoms with van der Waals surface area (Å²) in [6, 6.07) is 0. The first-order chi connectivity index (χ1) is 8.52. The van der Waals surface area contributed by atoms with Gasteiger partial charge in [0.15, 0.2) is 0 Å². The van der Waals surface area contributed by atoms with Gasteiger partial charge in [-0.3, -0.25) is 9.59 Å². The van der Waals surface area contributed by atoms with Gasteiger partial charge in [-0.25, -0.2) is 0 Å². The number of ether oxygens (including phenoxy) is 1. The van der Waals surface area contributed by atoms with Gasteiger partial charge in [0, 0.05) is 32.6 Å². The van der Waals surface area contributed by atoms with Gasteiger partial charge in [-0.2, -0.15) is 0 Å². The Labute approximate surface area is 109 Å². The highest BCUT2D eigenvalue weighted by Gasteiger charge is 2.20. The van der Waals surface area contributed by atoms with Gasteiger partial charge in [-0.05, 0) is 20.4 Å². The molecule has 0 aromatic carbocycles. The average Bonchev–Trinajstić information content (AvgIpc) is 2.36. The van der Waals surface area contributed by atoms with Gasteiger partial charge < -0.3 is 14.5 Å². The van der Waals surface area contributed by atoms with Crippen molar-refractivity contribution in [3.05, 3.63) is 0 Å². The van der Waals surface area contributed by atoms with Crippen molar-refractivity contribution in [2.45, 2.75) is 39.2 Å². The van der Waals surface area contributed by atoms with E-state index in [1.54, 1.807) is 0 Å². The van der Waals surface area contributed by atoms with Crippen molar-refractivity contribution in [1.82, 2.24) is 9.80 Å². The largest absolute Gasteiger partial charge is 0.463 e. The minimum Gasteiger partial charge on any atom is -0.463 e. The van der Waals surface area contributed by atoms with E-state index >= 15 is 0 Å². The Morgan fingerprint density at radius 2 is 1.78 bits per heavy atom. The van der Waals surface area contributed by atoms with Crippen molar-refractivity contribution in [2.75, 3.05) is 33.2 Å². The Morgan fingerprint density at radius 3 is 2.33 bits per heavy atom. The van der Waals surface area contributed by atoms with Gasteiger partial charge in [0.25, 0.3) is 0 Å². The molecule has 1 unspecified atom stereocenters. The summed E-state index contributed by atoms with van der Waals surface area (Å²) in [4.78, 5) is 27.3. The highest BCUT2D eigenvalue weighted by Crippen LogP contribution is 2.06. The zero-order chi connectivity index (χ0) is 13.5. The van der Waals surface area contributed by atoms with Crippen molar-refractivity contribution in [3.63, 3.8) is 0 Å². The van der Waals surface area contributed by atoms with E-state index in [0.717, 1.165) is 32.6 Å². The first-order valence-corrected chi connectivity index (χ1v) is 6.68. The SMILES string of the molecule is CCC(C)OC(=O)CCC(=O)N1CCN(C)CC1. The molecule has 0 radical (unpaired) electrons. The van der Waals surface area contributed by atoms with E-state index in [2.05, 4.69) is 4.90 Å². The number of piperazine rings is 1. The molecule has 1 rings (SSSR count). The highest BCUT2D eigenvalue weighted by atomic mass is 16.5. The molecule has 1 aliphatic heterocycles. The lowest BCUT2D eigenvalue weighted by Crippen LogP contribution is -2.47. The molecule has 5 heteroatoms. The second-order valence-corrected chi connectivity index (χ2v) is 4.89. The second kappa shape index (κ2) is 7.36. The lowest BCUT2D eigenvalue weighted by atomic mass is 10.2. The summed E-state index contributed by atoms with van der Waals surface area (Å²) < 4.78 is 5.14. The average molecular weight is 256 g/mol. The van der Waals surface area contributed by atoms with Crippen LogP contribution in [-0.4, -0.2) is 61.0 Å². The molecule has 18 heavy (non-hydrogen) atoms. The van der Waals surface area contributed by atoms with Crippen LogP contribution in [0.25, 0.3) is 0 Å². The number of carbonyl (C=O) groups is 2. The van der Waals surface area contributed by atoms with Crippen LogP contribution in [0.3, 0.4) is 0 Å². The lowest BCUT2D eigenvalue weighted by Gasteiger charge is -2.32. The molecule has 1 aliphatic rings. The zero-order valence-electron chi connectivity index (χ0n) is 11.6. The molecule has 0 N–H and O–H groups in total. The maximum atomic E-state index is 11.9. The van der Waals surface area contributed by atoms with Gasteiger partial charge in [0.1, 0.15) is 0 Å². The van der Waals surface area contributed by atoms with E-state index in [4.69, 9.17) is 4.74 Å². The Kier molecular flexibility index (Phi) is 6.12. The number of amides is 1. The summed E-state index contributed by atoms with van der Waals surface area (Å²) in [5, 5.41) is 0. The number of carbonyl (C=O) groups excluding carboxylic acids is 2. The molecule has 0 bridgehead atoms. The maximum absolute atomic E-state index is 11.9. The molecule has 1 fully saturated rings. The summed E-state index contributed by atoms with van der Waals surface area (Å²) >= 11 is 0. The number of nitrogens with zero attached hydrogens (tertiary/aromatic N) is 2. The lowest BCUT2D eigenvalue weighted by molar-refractivity contribution is -0.150. The van der Waals surface area contributed by atoms with Crippen molar-refractivity contribution in [3.8, 4) is 0 Å². The number of hydrogen-bond acceptors (Lipinski definition) is 4. The third-order valence-corrected chi connectivity index (χ3v) is 3.31. The van der Waals surface area contributed by atoms with Gasteiger partial charge in [0.05, 0.1) is 12.5 Å². The zero-order valence-corrected chi connectivity index (χ0v) is 11.6. The van der Waals surface area contributed by atoms with E-state index in [-0.39, 0.29) is 30.8 Å². The fraction of sp³-hybridized carbons (Fsp3) is 0.846. The predicted octanol–water partition coefficient (Wildman–Crippen LogP) is 0.882. The van der Waals surface area contributed by atoms with Gasteiger partial charge in [-0.1, -0.05) is 6.92 Å². The summed E-state index contributed by atoms with van der Waals surface area (Å²) in [5.41, 5.74) is 0. The van der Waals surface area contributed by atoms with Crippen LogP contribution in [0.2, 0.25) is 0 Å². The second-order valence-electron chi connectivity index (χ2n) is 4.89. The molecule has 104 valence electrons. The van der Waals surface area contributed by atoms with E-state index in [9.17, 15) is 9.59 Å². The quantitative estimate of drug-likeness (QED) is 0.685. The molecule has 0 aromatic heterocycles. The number of hydrogen-bond donors (Lipinski definition) is 0. The Bertz CT molecular complexity index is 286. The number of esters is 1. The van der Waals surface area contributed by atoms with Crippen LogP contribution in [0.1, 0.15) is 33.1 Å². The summed E-state index contributed by atoms with van der Waals surface area (Å²) in [5.74, 6) is -0.212. The topological polar surface area (TPSA) is 49.9 Å². The molecular weight excluding hydrogens is 232 g/mol. The molecule has 0 saturated carbocycles. The van der Waals surface area contributed by atoms with Crippen LogP contribution in [0.5, 0.6) is 0 Å². The smallest absolute Gasteiger partial charge is 0.306 e. The van der Waals surface area contributed by atoms with Crippen molar-refractivity contribution in [1.29, 1.82) is 0 Å². The molecular formula is C13H24N2O3. The van der Waals surface area contributed by atoms with E-state index in [0.29, 0.717) is 0 Å². The van der Waals surface area contributed by atoms with Crippen LogP contribution in [-0.2, 0) is 14.3 Å². The van der Waals surface area contributed by atoms with E-state index in [1.807, 2.05) is 25.8 Å². The van der Waals surface area contributed by atoms with Gasteiger partial charge in [0.2, 0.25) is 5.91 Å². The fourth-order valence-corrected chi connectivity index (χ4v) is 1.79. The monoisotopic (exact) mass is 256 g/mol. The molecule has 1 amide bonds. The van der Waals surface area contributed by atoms with E-state index < -0.39 is 0 Å². The Balaban J connectivity index is 2.22. The first-order valence-electron chi connectivity index (χ1n) is 6.68. The molecule has 0 aromatic rings. The van der Waals surface area contributed by atoms with Gasteiger partial charge in [-0.15, -0.1) is 0 Å². The predicted molar refractivity (Wildman–Crippen MR) is 69.2 cm³/mol. The third-order valence-electron chi connectivity index (χ3n) is 3.31. The van der Waals surface area contributed by atoms with Crippen LogP contribution in [0, 0.1) is 0 Å². The van der Waals surface area contributed by atoms with Gasteiger partial charge >= 0.3 is 5.97 Å². The standard InChI is InChI=1S/C13H24N2O3/c1-4-11(2)18-13(17)6-5-12(16)15-9-7-14(3)8-10-15/h11H,4-10H2,1-3H3. The molecule has 1 heterocycles. The van der Waals surface area contributed by atoms with Crippen LogP contribution in [0.4, 0.5) is 0 Å². The summed E-state index contributed by atoms with van der Waals surface area (Å²) in [7, 11) is 2.05. The van der Waals surface area contributed by atoms with Crippen LogP contribution in [0.15, 0.2) is 0 Å². The highest BCUT2D eigenvalue weighted by molar-refractivity contribution is 5.81. The Morgan fingerprint density at radius 1 is 1.17 bits per heavy atom. The van der Waals surface area contributed by atoms with Crippen molar-refractivity contribution in [2.24, 2.45) is 0 Å². The fourth-order valence-electron chi connectivity index (χ4n) is 1.79. The summed E-state index contributed by atoms with van der Waals surface area (Å²) in [6.45, 7) is 7.16. The molecule has 0 spiro atoms. The summed E-state index contributed by atoms with van der Waals surface area (Å²) in [6.07, 6.45) is 1.20. The van der Waals surface area contributed by atoms with E-state index in [1.165, 1.54) is 0 Å². The minimum atomic E-state index is -0.271. The number of rotatable bonds is 5. The Hall–Kier alpha value is -1.10. The van der Waals surface area contributed by atoms with Crippen molar-refractivity contribution >= 4 is 11.9 Å². The van der Waals surface area contributed by atoms with Crippen LogP contribution >= 0.6 is 0 Å². The molecule has 0 aliphatic carbocycles.